The molecule has 4 rings (SSSR count). The van der Waals surface area contributed by atoms with Crippen molar-refractivity contribution in [2.75, 3.05) is 0 Å². The molecule has 0 bridgehead atoms. The Kier molecular flexibility index (Phi) is 4.93. The van der Waals surface area contributed by atoms with Crippen LogP contribution >= 0.6 is 31.9 Å². The Morgan fingerprint density at radius 1 is 0.690 bits per heavy atom. The van der Waals surface area contributed by atoms with Crippen molar-refractivity contribution in [1.82, 2.24) is 9.97 Å². The summed E-state index contributed by atoms with van der Waals surface area (Å²) in [7, 11) is 0. The number of fused-ring (bicyclic) bond motifs is 2. The van der Waals surface area contributed by atoms with Gasteiger partial charge in [-0.3, -0.25) is 9.59 Å². The molecule has 0 aliphatic carbocycles. The topological polar surface area (TPSA) is 109 Å². The van der Waals surface area contributed by atoms with Crippen LogP contribution in [0.15, 0.2) is 57.7 Å². The average molecular weight is 518 g/mol. The summed E-state index contributed by atoms with van der Waals surface area (Å²) in [5, 5.41) is 0.984. The standard InChI is InChI=1S/C20H10Br2N2O5/c21-9-2-4-15-12(5-9)14(8-23-15)18(26)20(28)29-19(27)17(25)13-7-24-16-6-10(22)1-3-11(13)16/h1-8,23-24H. The van der Waals surface area contributed by atoms with Crippen LogP contribution in [0.5, 0.6) is 0 Å². The van der Waals surface area contributed by atoms with Crippen LogP contribution in [0.3, 0.4) is 0 Å². The van der Waals surface area contributed by atoms with Gasteiger partial charge in [0.05, 0.1) is 11.1 Å². The van der Waals surface area contributed by atoms with E-state index in [1.807, 2.05) is 0 Å². The first-order valence-electron chi connectivity index (χ1n) is 8.23. The Labute approximate surface area is 179 Å². The van der Waals surface area contributed by atoms with Crippen LogP contribution in [-0.2, 0) is 14.3 Å². The highest BCUT2D eigenvalue weighted by Gasteiger charge is 2.29. The number of hydrogen-bond donors (Lipinski definition) is 2. The van der Waals surface area contributed by atoms with Gasteiger partial charge in [-0.15, -0.1) is 0 Å². The molecule has 0 amide bonds. The third-order valence-electron chi connectivity index (χ3n) is 4.33. The van der Waals surface area contributed by atoms with Crippen molar-refractivity contribution in [2.45, 2.75) is 0 Å². The first-order chi connectivity index (χ1) is 13.8. The molecule has 0 saturated heterocycles. The summed E-state index contributed by atoms with van der Waals surface area (Å²) in [6.07, 6.45) is 2.70. The third kappa shape index (κ3) is 3.54. The van der Waals surface area contributed by atoms with Gasteiger partial charge in [0.25, 0.3) is 11.6 Å². The molecule has 4 aromatic rings. The second kappa shape index (κ2) is 7.41. The van der Waals surface area contributed by atoms with E-state index in [4.69, 9.17) is 0 Å². The molecule has 7 nitrogen and oxygen atoms in total. The fourth-order valence-electron chi connectivity index (χ4n) is 2.96. The zero-order valence-electron chi connectivity index (χ0n) is 14.4. The molecular formula is C20H10Br2N2O5. The number of carbonyl (C=O) groups is 4. The van der Waals surface area contributed by atoms with Crippen molar-refractivity contribution >= 4 is 77.2 Å². The number of hydrogen-bond acceptors (Lipinski definition) is 5. The second-order valence-electron chi connectivity index (χ2n) is 6.12. The smallest absolute Gasteiger partial charge is 0.381 e. The lowest BCUT2D eigenvalue weighted by atomic mass is 10.1. The largest absolute Gasteiger partial charge is 0.387 e. The third-order valence-corrected chi connectivity index (χ3v) is 5.32. The number of carbonyl (C=O) groups excluding carboxylic acids is 4. The van der Waals surface area contributed by atoms with E-state index in [0.29, 0.717) is 26.3 Å². The molecule has 0 saturated carbocycles. The lowest BCUT2D eigenvalue weighted by Crippen LogP contribution is -2.26. The Bertz CT molecular complexity index is 1340. The van der Waals surface area contributed by atoms with Crippen LogP contribution in [0, 0.1) is 0 Å². The van der Waals surface area contributed by atoms with E-state index in [0.717, 1.165) is 4.47 Å². The maximum Gasteiger partial charge on any atom is 0.387 e. The van der Waals surface area contributed by atoms with Crippen LogP contribution in [0.1, 0.15) is 20.7 Å². The summed E-state index contributed by atoms with van der Waals surface area (Å²) in [6.45, 7) is 0. The number of rotatable bonds is 4. The van der Waals surface area contributed by atoms with Crippen molar-refractivity contribution in [1.29, 1.82) is 0 Å². The number of Topliss-reactive ketones (excluding diaryl/α,β-unsaturated/α-hetero) is 2. The van der Waals surface area contributed by atoms with E-state index in [1.165, 1.54) is 12.4 Å². The van der Waals surface area contributed by atoms with E-state index in [1.54, 1.807) is 36.4 Å². The number of nitrogens with one attached hydrogen (secondary N) is 2. The number of aromatic nitrogens is 2. The number of H-pyrrole nitrogens is 2. The molecule has 2 aromatic heterocycles. The molecule has 0 aliphatic heterocycles. The fourth-order valence-corrected chi connectivity index (χ4v) is 3.69. The zero-order valence-corrected chi connectivity index (χ0v) is 17.6. The Morgan fingerprint density at radius 3 is 1.93 bits per heavy atom. The van der Waals surface area contributed by atoms with Gasteiger partial charge < -0.3 is 14.7 Å². The number of ketones is 2. The highest BCUT2D eigenvalue weighted by molar-refractivity contribution is 9.10. The minimum atomic E-state index is -1.42. The van der Waals surface area contributed by atoms with Gasteiger partial charge in [-0.25, -0.2) is 9.59 Å². The molecular weight excluding hydrogens is 508 g/mol. The molecule has 2 heterocycles. The molecule has 2 aromatic carbocycles. The molecule has 0 spiro atoms. The maximum absolute atomic E-state index is 12.4. The number of ether oxygens (including phenoxy) is 1. The lowest BCUT2D eigenvalue weighted by molar-refractivity contribution is -0.152. The van der Waals surface area contributed by atoms with E-state index in [-0.39, 0.29) is 11.1 Å². The first kappa shape index (κ1) is 19.3. The quantitative estimate of drug-likeness (QED) is 0.181. The Balaban J connectivity index is 1.55. The van der Waals surface area contributed by atoms with Crippen LogP contribution in [0.4, 0.5) is 0 Å². The van der Waals surface area contributed by atoms with Gasteiger partial charge in [-0.1, -0.05) is 37.9 Å². The SMILES string of the molecule is O=C(OC(=O)C(=O)c1c[nH]c2ccc(Br)cc12)C(=O)c1c[nH]c2cc(Br)ccc12. The van der Waals surface area contributed by atoms with E-state index in [9.17, 15) is 19.2 Å². The van der Waals surface area contributed by atoms with Gasteiger partial charge in [0, 0.05) is 43.1 Å². The highest BCUT2D eigenvalue weighted by atomic mass is 79.9. The number of benzene rings is 2. The van der Waals surface area contributed by atoms with Gasteiger partial charge in [0.2, 0.25) is 0 Å². The minimum absolute atomic E-state index is 0.0449. The Morgan fingerprint density at radius 2 is 1.24 bits per heavy atom. The highest BCUT2D eigenvalue weighted by Crippen LogP contribution is 2.24. The minimum Gasteiger partial charge on any atom is -0.381 e. The molecule has 0 radical (unpaired) electrons. The van der Waals surface area contributed by atoms with Crippen molar-refractivity contribution in [3.63, 3.8) is 0 Å². The maximum atomic E-state index is 12.4. The summed E-state index contributed by atoms with van der Waals surface area (Å²) in [5.41, 5.74) is 1.36. The summed E-state index contributed by atoms with van der Waals surface area (Å²) in [5.74, 6) is -4.90. The predicted molar refractivity (Wildman–Crippen MR) is 112 cm³/mol. The summed E-state index contributed by atoms with van der Waals surface area (Å²) in [6, 6.07) is 10.2. The van der Waals surface area contributed by atoms with Crippen molar-refractivity contribution in [3.05, 3.63) is 68.9 Å². The average Bonchev–Trinajstić information content (AvgIpc) is 3.29. The number of halogens is 2. The molecule has 0 aliphatic rings. The van der Waals surface area contributed by atoms with Crippen LogP contribution in [-0.4, -0.2) is 33.5 Å². The second-order valence-corrected chi connectivity index (χ2v) is 7.95. The molecule has 9 heteroatoms. The molecule has 0 fully saturated rings. The van der Waals surface area contributed by atoms with Crippen LogP contribution in [0.2, 0.25) is 0 Å². The van der Waals surface area contributed by atoms with Crippen molar-refractivity contribution in [2.24, 2.45) is 0 Å². The number of esters is 2. The van der Waals surface area contributed by atoms with E-state index >= 15 is 0 Å². The lowest BCUT2D eigenvalue weighted by Gasteiger charge is -2.02. The molecule has 0 unspecified atom stereocenters. The first-order valence-corrected chi connectivity index (χ1v) is 9.82. The van der Waals surface area contributed by atoms with Gasteiger partial charge >= 0.3 is 11.9 Å². The molecule has 0 atom stereocenters. The van der Waals surface area contributed by atoms with E-state index in [2.05, 4.69) is 46.6 Å². The van der Waals surface area contributed by atoms with Crippen LogP contribution < -0.4 is 0 Å². The van der Waals surface area contributed by atoms with Gasteiger partial charge in [-0.2, -0.15) is 0 Å². The van der Waals surface area contributed by atoms with E-state index < -0.39 is 23.5 Å². The molecule has 144 valence electrons. The summed E-state index contributed by atoms with van der Waals surface area (Å²) in [4.78, 5) is 54.9. The van der Waals surface area contributed by atoms with Gasteiger partial charge in [-0.05, 0) is 30.3 Å². The number of aromatic amines is 2. The van der Waals surface area contributed by atoms with Crippen molar-refractivity contribution in [3.8, 4) is 0 Å². The van der Waals surface area contributed by atoms with Crippen LogP contribution in [0.25, 0.3) is 21.8 Å². The monoisotopic (exact) mass is 516 g/mol. The normalized spacial score (nSPS) is 11.0. The fraction of sp³-hybridized carbons (Fsp3) is 0. The van der Waals surface area contributed by atoms with Gasteiger partial charge in [0.15, 0.2) is 0 Å². The van der Waals surface area contributed by atoms with Crippen molar-refractivity contribution < 1.29 is 23.9 Å². The Hall–Kier alpha value is -3.04. The summed E-state index contributed by atoms with van der Waals surface area (Å²) < 4.78 is 6.05. The molecule has 2 N–H and O–H groups in total. The molecule has 29 heavy (non-hydrogen) atoms. The predicted octanol–water partition coefficient (Wildman–Crippen LogP) is 4.31. The summed E-state index contributed by atoms with van der Waals surface area (Å²) >= 11 is 6.61. The zero-order chi connectivity index (χ0) is 20.7. The van der Waals surface area contributed by atoms with Gasteiger partial charge in [0.1, 0.15) is 0 Å².